The fourth-order valence-corrected chi connectivity index (χ4v) is 2.26. The predicted octanol–water partition coefficient (Wildman–Crippen LogP) is 2.25. The second-order valence-corrected chi connectivity index (χ2v) is 5.25. The van der Waals surface area contributed by atoms with Crippen LogP contribution in [0.5, 0.6) is 5.75 Å². The summed E-state index contributed by atoms with van der Waals surface area (Å²) in [5.41, 5.74) is 4.09. The van der Waals surface area contributed by atoms with Gasteiger partial charge in [-0.3, -0.25) is 14.9 Å². The Morgan fingerprint density at radius 1 is 1.36 bits per heavy atom. The summed E-state index contributed by atoms with van der Waals surface area (Å²) in [4.78, 5) is 29.6. The lowest BCUT2D eigenvalue weighted by Gasteiger charge is -2.01. The van der Waals surface area contributed by atoms with Gasteiger partial charge in [0, 0.05) is 23.3 Å². The zero-order valence-electron chi connectivity index (χ0n) is 13.1. The van der Waals surface area contributed by atoms with E-state index in [-0.39, 0.29) is 17.0 Å². The Labute approximate surface area is 141 Å². The minimum atomic E-state index is -0.586. The van der Waals surface area contributed by atoms with Crippen LogP contribution >= 0.6 is 0 Å². The van der Waals surface area contributed by atoms with Gasteiger partial charge in [0.1, 0.15) is 11.6 Å². The number of phenols is 1. The lowest BCUT2D eigenvalue weighted by molar-refractivity contribution is -0.384. The standard InChI is InChI=1S/C16H13N5O4/c1-9-18-13-4-2-10(7-14(13)19-9)16(23)20-17-8-11-6-12(21(24)25)3-5-15(11)22/h2-8,22H,1H3,(H,18,19)(H,20,23). The van der Waals surface area contributed by atoms with Gasteiger partial charge in [-0.2, -0.15) is 5.10 Å². The molecule has 0 saturated carbocycles. The molecule has 25 heavy (non-hydrogen) atoms. The Morgan fingerprint density at radius 3 is 2.92 bits per heavy atom. The predicted molar refractivity (Wildman–Crippen MR) is 90.7 cm³/mol. The third kappa shape index (κ3) is 3.44. The number of benzene rings is 2. The van der Waals surface area contributed by atoms with Gasteiger partial charge in [0.2, 0.25) is 0 Å². The Balaban J connectivity index is 1.75. The van der Waals surface area contributed by atoms with E-state index in [2.05, 4.69) is 20.5 Å². The number of nitrogens with zero attached hydrogens (tertiary/aromatic N) is 3. The summed E-state index contributed by atoms with van der Waals surface area (Å²) in [6.45, 7) is 1.82. The average Bonchev–Trinajstić information content (AvgIpc) is 2.95. The highest BCUT2D eigenvalue weighted by atomic mass is 16.6. The van der Waals surface area contributed by atoms with E-state index in [9.17, 15) is 20.0 Å². The molecule has 0 aliphatic carbocycles. The second kappa shape index (κ2) is 6.40. The first-order chi connectivity index (χ1) is 11.9. The van der Waals surface area contributed by atoms with Crippen LogP contribution in [0.3, 0.4) is 0 Å². The first-order valence-electron chi connectivity index (χ1n) is 7.21. The number of aromatic hydroxyl groups is 1. The third-order valence-electron chi connectivity index (χ3n) is 3.45. The number of rotatable bonds is 4. The maximum Gasteiger partial charge on any atom is 0.271 e. The number of aryl methyl sites for hydroxylation is 1. The van der Waals surface area contributed by atoms with Crippen LogP contribution < -0.4 is 5.43 Å². The SMILES string of the molecule is Cc1nc2ccc(C(=O)NN=Cc3cc([N+](=O)[O-])ccc3O)cc2[nH]1. The van der Waals surface area contributed by atoms with Gasteiger partial charge in [-0.15, -0.1) is 0 Å². The van der Waals surface area contributed by atoms with E-state index in [0.717, 1.165) is 29.1 Å². The maximum atomic E-state index is 12.1. The molecule has 0 atom stereocenters. The summed E-state index contributed by atoms with van der Waals surface area (Å²) < 4.78 is 0. The van der Waals surface area contributed by atoms with Crippen molar-refractivity contribution in [3.63, 3.8) is 0 Å². The van der Waals surface area contributed by atoms with Gasteiger partial charge in [-0.05, 0) is 31.2 Å². The second-order valence-electron chi connectivity index (χ2n) is 5.25. The van der Waals surface area contributed by atoms with Crippen molar-refractivity contribution in [3.8, 4) is 5.75 Å². The summed E-state index contributed by atoms with van der Waals surface area (Å²) in [6, 6.07) is 8.49. The van der Waals surface area contributed by atoms with Crippen LogP contribution in [0.25, 0.3) is 11.0 Å². The van der Waals surface area contributed by atoms with Gasteiger partial charge in [-0.1, -0.05) is 0 Å². The van der Waals surface area contributed by atoms with Crippen molar-refractivity contribution in [1.29, 1.82) is 0 Å². The van der Waals surface area contributed by atoms with Gasteiger partial charge in [0.05, 0.1) is 22.2 Å². The molecule has 0 spiro atoms. The molecule has 0 saturated heterocycles. The van der Waals surface area contributed by atoms with E-state index in [0.29, 0.717) is 5.56 Å². The van der Waals surface area contributed by atoms with Crippen molar-refractivity contribution in [2.24, 2.45) is 5.10 Å². The fraction of sp³-hybridized carbons (Fsp3) is 0.0625. The number of hydrogen-bond acceptors (Lipinski definition) is 6. The number of phenolic OH excluding ortho intramolecular Hbond substituents is 1. The van der Waals surface area contributed by atoms with Gasteiger partial charge < -0.3 is 10.1 Å². The number of H-pyrrole nitrogens is 1. The van der Waals surface area contributed by atoms with Crippen LogP contribution in [0.4, 0.5) is 5.69 Å². The largest absolute Gasteiger partial charge is 0.507 e. The number of amides is 1. The number of hydrazone groups is 1. The zero-order chi connectivity index (χ0) is 18.0. The Morgan fingerprint density at radius 2 is 2.16 bits per heavy atom. The Hall–Kier alpha value is -3.75. The third-order valence-corrected chi connectivity index (χ3v) is 3.45. The number of hydrogen-bond donors (Lipinski definition) is 3. The quantitative estimate of drug-likeness (QED) is 0.381. The van der Waals surface area contributed by atoms with Crippen molar-refractivity contribution in [2.75, 3.05) is 0 Å². The average molecular weight is 339 g/mol. The number of imidazole rings is 1. The van der Waals surface area contributed by atoms with E-state index in [1.165, 1.54) is 12.1 Å². The number of nitro benzene ring substituents is 1. The summed E-state index contributed by atoms with van der Waals surface area (Å²) in [6.07, 6.45) is 1.14. The lowest BCUT2D eigenvalue weighted by atomic mass is 10.2. The van der Waals surface area contributed by atoms with Gasteiger partial charge >= 0.3 is 0 Å². The highest BCUT2D eigenvalue weighted by Gasteiger charge is 2.10. The first-order valence-corrected chi connectivity index (χ1v) is 7.21. The number of fused-ring (bicyclic) bond motifs is 1. The van der Waals surface area contributed by atoms with E-state index in [1.807, 2.05) is 6.92 Å². The molecule has 9 heteroatoms. The topological polar surface area (TPSA) is 134 Å². The van der Waals surface area contributed by atoms with E-state index in [4.69, 9.17) is 0 Å². The number of carbonyl (C=O) groups is 1. The van der Waals surface area contributed by atoms with Crippen molar-refractivity contribution in [3.05, 3.63) is 63.5 Å². The molecule has 3 N–H and O–H groups in total. The molecule has 3 aromatic rings. The molecule has 0 aliphatic heterocycles. The fourth-order valence-electron chi connectivity index (χ4n) is 2.26. The number of nitro groups is 1. The molecule has 0 unspecified atom stereocenters. The molecule has 2 aromatic carbocycles. The number of carbonyl (C=O) groups excluding carboxylic acids is 1. The van der Waals surface area contributed by atoms with Crippen molar-refractivity contribution < 1.29 is 14.8 Å². The molecule has 9 nitrogen and oxygen atoms in total. The summed E-state index contributed by atoms with van der Waals surface area (Å²) in [7, 11) is 0. The molecule has 0 aliphatic rings. The molecular weight excluding hydrogens is 326 g/mol. The maximum absolute atomic E-state index is 12.1. The van der Waals surface area contributed by atoms with Gasteiger partial charge in [-0.25, -0.2) is 10.4 Å². The number of aromatic nitrogens is 2. The molecule has 1 aromatic heterocycles. The highest BCUT2D eigenvalue weighted by molar-refractivity contribution is 5.98. The molecule has 0 bridgehead atoms. The summed E-state index contributed by atoms with van der Waals surface area (Å²) in [5, 5.41) is 24.2. The molecule has 1 amide bonds. The Kier molecular flexibility index (Phi) is 4.12. The highest BCUT2D eigenvalue weighted by Crippen LogP contribution is 2.21. The molecule has 3 rings (SSSR count). The molecule has 0 radical (unpaired) electrons. The van der Waals surface area contributed by atoms with Crippen LogP contribution in [-0.2, 0) is 0 Å². The van der Waals surface area contributed by atoms with Crippen molar-refractivity contribution in [1.82, 2.24) is 15.4 Å². The molecule has 0 fully saturated rings. The lowest BCUT2D eigenvalue weighted by Crippen LogP contribution is -2.17. The van der Waals surface area contributed by atoms with Gasteiger partial charge in [0.25, 0.3) is 11.6 Å². The first kappa shape index (κ1) is 16.1. The molecule has 126 valence electrons. The van der Waals surface area contributed by atoms with Crippen LogP contribution in [0.2, 0.25) is 0 Å². The van der Waals surface area contributed by atoms with Crippen LogP contribution in [0.1, 0.15) is 21.7 Å². The molecule has 1 heterocycles. The van der Waals surface area contributed by atoms with E-state index < -0.39 is 10.8 Å². The van der Waals surface area contributed by atoms with E-state index >= 15 is 0 Å². The zero-order valence-corrected chi connectivity index (χ0v) is 13.1. The monoisotopic (exact) mass is 339 g/mol. The van der Waals surface area contributed by atoms with Crippen LogP contribution in [0.15, 0.2) is 41.5 Å². The minimum Gasteiger partial charge on any atom is -0.507 e. The summed E-state index contributed by atoms with van der Waals surface area (Å²) >= 11 is 0. The normalized spacial score (nSPS) is 11.1. The number of aromatic amines is 1. The summed E-state index contributed by atoms with van der Waals surface area (Å²) in [5.74, 6) is 0.0972. The Bertz CT molecular complexity index is 1010. The van der Waals surface area contributed by atoms with E-state index in [1.54, 1.807) is 18.2 Å². The van der Waals surface area contributed by atoms with Crippen molar-refractivity contribution >= 4 is 28.8 Å². The smallest absolute Gasteiger partial charge is 0.271 e. The van der Waals surface area contributed by atoms with Crippen LogP contribution in [-0.4, -0.2) is 32.1 Å². The number of non-ortho nitro benzene ring substituents is 1. The minimum absolute atomic E-state index is 0.120. The van der Waals surface area contributed by atoms with Gasteiger partial charge in [0.15, 0.2) is 0 Å². The number of nitrogens with one attached hydrogen (secondary N) is 2. The molecular formula is C16H13N5O4. The van der Waals surface area contributed by atoms with Crippen LogP contribution in [0, 0.1) is 17.0 Å². The van der Waals surface area contributed by atoms with Crippen molar-refractivity contribution in [2.45, 2.75) is 6.92 Å².